The largest absolute Gasteiger partial charge is 0.493 e. The van der Waals surface area contributed by atoms with E-state index in [-0.39, 0.29) is 12.5 Å². The van der Waals surface area contributed by atoms with E-state index in [1.165, 1.54) is 0 Å². The summed E-state index contributed by atoms with van der Waals surface area (Å²) in [6.45, 7) is 3.01. The predicted octanol–water partition coefficient (Wildman–Crippen LogP) is 4.99. The predicted molar refractivity (Wildman–Crippen MR) is 110 cm³/mol. The van der Waals surface area contributed by atoms with E-state index in [1.54, 1.807) is 25.3 Å². The second-order valence-corrected chi connectivity index (χ2v) is 7.15. The molecule has 1 amide bonds. The Labute approximate surface area is 173 Å². The van der Waals surface area contributed by atoms with Gasteiger partial charge in [-0.3, -0.25) is 4.79 Å². The van der Waals surface area contributed by atoms with Gasteiger partial charge in [-0.15, -0.1) is 0 Å². The Morgan fingerprint density at radius 3 is 2.59 bits per heavy atom. The molecule has 0 bridgehead atoms. The number of hydrogen-bond donors (Lipinski definition) is 1. The normalized spacial score (nSPS) is 10.4. The van der Waals surface area contributed by atoms with Crippen molar-refractivity contribution in [1.29, 1.82) is 0 Å². The molecule has 0 heterocycles. The van der Waals surface area contributed by atoms with Crippen LogP contribution in [-0.2, 0) is 11.3 Å². The highest BCUT2D eigenvalue weighted by Crippen LogP contribution is 2.29. The lowest BCUT2D eigenvalue weighted by Gasteiger charge is -2.13. The summed E-state index contributed by atoms with van der Waals surface area (Å²) in [5.74, 6) is 1.58. The number of amides is 1. The molecule has 0 aliphatic rings. The molecular formula is C20H23BrClNO4. The maximum Gasteiger partial charge on any atom is 0.258 e. The molecule has 2 aromatic carbocycles. The molecule has 0 aliphatic heterocycles. The average Bonchev–Trinajstić information content (AvgIpc) is 2.66. The van der Waals surface area contributed by atoms with Crippen molar-refractivity contribution in [1.82, 2.24) is 5.32 Å². The summed E-state index contributed by atoms with van der Waals surface area (Å²) in [6, 6.07) is 10.8. The monoisotopic (exact) mass is 455 g/mol. The maximum absolute atomic E-state index is 12.0. The lowest BCUT2D eigenvalue weighted by atomic mass is 10.2. The zero-order valence-corrected chi connectivity index (χ0v) is 17.7. The Morgan fingerprint density at radius 2 is 1.89 bits per heavy atom. The van der Waals surface area contributed by atoms with Crippen LogP contribution >= 0.6 is 27.5 Å². The Hall–Kier alpha value is -1.92. The number of methoxy groups -OCH3 is 1. The van der Waals surface area contributed by atoms with Crippen LogP contribution in [0, 0.1) is 0 Å². The average molecular weight is 457 g/mol. The topological polar surface area (TPSA) is 56.8 Å². The number of nitrogens with one attached hydrogen (secondary N) is 1. The minimum atomic E-state index is -0.240. The van der Waals surface area contributed by atoms with Crippen LogP contribution in [0.2, 0.25) is 5.02 Å². The fourth-order valence-electron chi connectivity index (χ4n) is 2.25. The molecule has 7 heteroatoms. The lowest BCUT2D eigenvalue weighted by molar-refractivity contribution is -0.123. The summed E-state index contributed by atoms with van der Waals surface area (Å²) in [7, 11) is 1.60. The molecular weight excluding hydrogens is 434 g/mol. The van der Waals surface area contributed by atoms with Crippen LogP contribution in [0.15, 0.2) is 40.9 Å². The molecule has 0 unspecified atom stereocenters. The molecule has 0 saturated carbocycles. The number of benzene rings is 2. The number of rotatable bonds is 10. The molecule has 0 spiro atoms. The van der Waals surface area contributed by atoms with Crippen LogP contribution in [0.1, 0.15) is 25.3 Å². The van der Waals surface area contributed by atoms with E-state index in [0.717, 1.165) is 22.9 Å². The fourth-order valence-corrected chi connectivity index (χ4v) is 2.98. The summed E-state index contributed by atoms with van der Waals surface area (Å²) in [5.41, 5.74) is 0.907. The summed E-state index contributed by atoms with van der Waals surface area (Å²) in [6.07, 6.45) is 2.06. The maximum atomic E-state index is 12.0. The smallest absolute Gasteiger partial charge is 0.258 e. The van der Waals surface area contributed by atoms with E-state index in [0.29, 0.717) is 35.4 Å². The van der Waals surface area contributed by atoms with E-state index in [9.17, 15) is 4.79 Å². The molecule has 27 heavy (non-hydrogen) atoms. The summed E-state index contributed by atoms with van der Waals surface area (Å²) >= 11 is 9.39. The highest BCUT2D eigenvalue weighted by molar-refractivity contribution is 9.10. The number of unbranched alkanes of at least 4 members (excludes halogenated alkanes) is 1. The third-order valence-electron chi connectivity index (χ3n) is 3.73. The van der Waals surface area contributed by atoms with Gasteiger partial charge in [0.2, 0.25) is 0 Å². The number of ether oxygens (including phenoxy) is 3. The number of hydrogen-bond acceptors (Lipinski definition) is 4. The van der Waals surface area contributed by atoms with Crippen molar-refractivity contribution >= 4 is 33.4 Å². The van der Waals surface area contributed by atoms with Gasteiger partial charge in [-0.1, -0.05) is 46.9 Å². The van der Waals surface area contributed by atoms with Crippen molar-refractivity contribution in [3.63, 3.8) is 0 Å². The Bertz CT molecular complexity index is 770. The zero-order chi connectivity index (χ0) is 19.6. The minimum Gasteiger partial charge on any atom is -0.493 e. The quantitative estimate of drug-likeness (QED) is 0.512. The molecule has 0 aliphatic carbocycles. The zero-order valence-electron chi connectivity index (χ0n) is 15.4. The van der Waals surface area contributed by atoms with Gasteiger partial charge >= 0.3 is 0 Å². The summed E-state index contributed by atoms with van der Waals surface area (Å²) in [4.78, 5) is 12.0. The molecule has 5 nitrogen and oxygen atoms in total. The Kier molecular flexibility index (Phi) is 8.75. The number of halogens is 2. The van der Waals surface area contributed by atoms with Gasteiger partial charge in [-0.2, -0.15) is 0 Å². The second-order valence-electron chi connectivity index (χ2n) is 5.83. The first kappa shape index (κ1) is 21.4. The third-order valence-corrected chi connectivity index (χ3v) is 4.51. The summed E-state index contributed by atoms with van der Waals surface area (Å²) in [5, 5.41) is 3.26. The summed E-state index contributed by atoms with van der Waals surface area (Å²) < 4.78 is 17.4. The lowest BCUT2D eigenvalue weighted by Crippen LogP contribution is -2.28. The number of carbonyl (C=O) groups is 1. The van der Waals surface area contributed by atoms with Gasteiger partial charge in [0.1, 0.15) is 5.75 Å². The van der Waals surface area contributed by atoms with Crippen LogP contribution in [0.5, 0.6) is 17.2 Å². The second kappa shape index (κ2) is 11.0. The standard InChI is InChI=1S/C20H23BrClNO4/c1-3-4-9-26-18-7-5-14(10-19(18)25-2)12-23-20(24)13-27-17-8-6-15(21)11-16(17)22/h5-8,10-11H,3-4,9,12-13H2,1-2H3,(H,23,24). The fraction of sp³-hybridized carbons (Fsp3) is 0.350. The highest BCUT2D eigenvalue weighted by Gasteiger charge is 2.09. The van der Waals surface area contributed by atoms with Gasteiger partial charge in [0.15, 0.2) is 18.1 Å². The molecule has 2 aromatic rings. The van der Waals surface area contributed by atoms with Crippen LogP contribution in [0.25, 0.3) is 0 Å². The minimum absolute atomic E-state index is 0.114. The molecule has 1 N–H and O–H groups in total. The Balaban J connectivity index is 1.85. The van der Waals surface area contributed by atoms with Gasteiger partial charge in [0.25, 0.3) is 5.91 Å². The molecule has 0 radical (unpaired) electrons. The van der Waals surface area contributed by atoms with E-state index in [4.69, 9.17) is 25.8 Å². The van der Waals surface area contributed by atoms with Gasteiger partial charge in [-0.05, 0) is 42.3 Å². The van der Waals surface area contributed by atoms with Gasteiger partial charge in [0.05, 0.1) is 18.7 Å². The van der Waals surface area contributed by atoms with Gasteiger partial charge in [0, 0.05) is 11.0 Å². The van der Waals surface area contributed by atoms with E-state index in [2.05, 4.69) is 28.2 Å². The Morgan fingerprint density at radius 1 is 1.11 bits per heavy atom. The van der Waals surface area contributed by atoms with Crippen LogP contribution in [-0.4, -0.2) is 26.2 Å². The first-order valence-electron chi connectivity index (χ1n) is 8.67. The first-order chi connectivity index (χ1) is 13.0. The van der Waals surface area contributed by atoms with Crippen molar-refractivity contribution in [2.24, 2.45) is 0 Å². The van der Waals surface area contributed by atoms with Gasteiger partial charge in [-0.25, -0.2) is 0 Å². The van der Waals surface area contributed by atoms with Crippen molar-refractivity contribution in [2.75, 3.05) is 20.3 Å². The van der Waals surface area contributed by atoms with Crippen LogP contribution in [0.3, 0.4) is 0 Å². The van der Waals surface area contributed by atoms with Crippen LogP contribution < -0.4 is 19.5 Å². The highest BCUT2D eigenvalue weighted by atomic mass is 79.9. The molecule has 0 atom stereocenters. The van der Waals surface area contributed by atoms with Crippen molar-refractivity contribution in [3.8, 4) is 17.2 Å². The van der Waals surface area contributed by atoms with Crippen molar-refractivity contribution < 1.29 is 19.0 Å². The third kappa shape index (κ3) is 6.96. The molecule has 0 fully saturated rings. The number of carbonyl (C=O) groups excluding carboxylic acids is 1. The van der Waals surface area contributed by atoms with E-state index in [1.807, 2.05) is 18.2 Å². The molecule has 146 valence electrons. The van der Waals surface area contributed by atoms with Crippen molar-refractivity contribution in [2.45, 2.75) is 26.3 Å². The van der Waals surface area contributed by atoms with Gasteiger partial charge < -0.3 is 19.5 Å². The molecule has 0 saturated heterocycles. The van der Waals surface area contributed by atoms with Crippen molar-refractivity contribution in [3.05, 3.63) is 51.5 Å². The van der Waals surface area contributed by atoms with E-state index >= 15 is 0 Å². The van der Waals surface area contributed by atoms with E-state index < -0.39 is 0 Å². The molecule has 2 rings (SSSR count). The first-order valence-corrected chi connectivity index (χ1v) is 9.84. The van der Waals surface area contributed by atoms with Crippen LogP contribution in [0.4, 0.5) is 0 Å². The molecule has 0 aromatic heterocycles. The SMILES string of the molecule is CCCCOc1ccc(CNC(=O)COc2ccc(Br)cc2Cl)cc1OC.